The Kier molecular flexibility index (Phi) is 5.35. The molecule has 28 heavy (non-hydrogen) atoms. The van der Waals surface area contributed by atoms with Gasteiger partial charge in [-0.05, 0) is 44.5 Å². The highest BCUT2D eigenvalue weighted by Gasteiger charge is 2.38. The van der Waals surface area contributed by atoms with Crippen LogP contribution in [0.4, 0.5) is 25.2 Å². The van der Waals surface area contributed by atoms with Gasteiger partial charge in [0.15, 0.2) is 0 Å². The number of rotatable bonds is 3. The molecule has 0 spiro atoms. The fourth-order valence-corrected chi connectivity index (χ4v) is 3.18. The smallest absolute Gasteiger partial charge is 0.407 e. The molecule has 1 aliphatic rings. The second-order valence-corrected chi connectivity index (χ2v) is 7.75. The number of alkyl carbamates (subject to hydrolysis) is 1. The first-order valence-electron chi connectivity index (χ1n) is 8.89. The lowest BCUT2D eigenvalue weighted by Crippen LogP contribution is -2.43. The molecule has 1 aromatic carbocycles. The van der Waals surface area contributed by atoms with Crippen molar-refractivity contribution in [3.63, 3.8) is 0 Å². The molecule has 1 aromatic heterocycles. The van der Waals surface area contributed by atoms with Gasteiger partial charge in [-0.1, -0.05) is 0 Å². The molecule has 3 rings (SSSR count). The predicted molar refractivity (Wildman–Crippen MR) is 101 cm³/mol. The quantitative estimate of drug-likeness (QED) is 0.836. The first kappa shape index (κ1) is 19.8. The van der Waals surface area contributed by atoms with E-state index in [1.54, 1.807) is 25.7 Å². The third-order valence-electron chi connectivity index (χ3n) is 4.32. The first-order chi connectivity index (χ1) is 13.1. The maximum absolute atomic E-state index is 14.4. The van der Waals surface area contributed by atoms with Crippen LogP contribution in [-0.4, -0.2) is 40.8 Å². The van der Waals surface area contributed by atoms with Crippen LogP contribution in [0.15, 0.2) is 30.6 Å². The molecule has 7 nitrogen and oxygen atoms in total. The van der Waals surface area contributed by atoms with Crippen molar-refractivity contribution in [3.8, 4) is 0 Å². The van der Waals surface area contributed by atoms with E-state index in [-0.39, 0.29) is 5.56 Å². The number of amides is 1. The van der Waals surface area contributed by atoms with Gasteiger partial charge in [-0.15, -0.1) is 0 Å². The number of nitrogens with zero attached hydrogens (tertiary/aromatic N) is 3. The highest BCUT2D eigenvalue weighted by atomic mass is 19.1. The molecule has 0 aliphatic carbocycles. The van der Waals surface area contributed by atoms with Gasteiger partial charge >= 0.3 is 6.09 Å². The van der Waals surface area contributed by atoms with Gasteiger partial charge < -0.3 is 20.7 Å². The Morgan fingerprint density at radius 2 is 1.93 bits per heavy atom. The van der Waals surface area contributed by atoms with E-state index in [9.17, 15) is 13.6 Å². The van der Waals surface area contributed by atoms with Crippen molar-refractivity contribution in [3.05, 3.63) is 47.8 Å². The molecule has 1 amide bonds. The third-order valence-corrected chi connectivity index (χ3v) is 4.32. The summed E-state index contributed by atoms with van der Waals surface area (Å²) in [5.74, 6) is -1.20. The third kappa shape index (κ3) is 4.65. The number of benzene rings is 1. The molecule has 2 aromatic rings. The molecule has 150 valence electrons. The van der Waals surface area contributed by atoms with Crippen molar-refractivity contribution in [2.24, 2.45) is 0 Å². The number of carbonyl (C=O) groups is 1. The largest absolute Gasteiger partial charge is 0.444 e. The summed E-state index contributed by atoms with van der Waals surface area (Å²) in [6.07, 6.45) is 2.31. The summed E-state index contributed by atoms with van der Waals surface area (Å²) < 4.78 is 33.5. The summed E-state index contributed by atoms with van der Waals surface area (Å²) in [6, 6.07) is 2.77. The molecule has 0 unspecified atom stereocenters. The minimum atomic E-state index is -0.679. The molecule has 9 heteroatoms. The SMILES string of the molecule is CC(C)(C)OC(=O)N[C@H]1CN(c2ncc(N)cn2)C[C@@H]1c1cc(F)ccc1F. The summed E-state index contributed by atoms with van der Waals surface area (Å²) in [5.41, 5.74) is 5.54. The van der Waals surface area contributed by atoms with Crippen LogP contribution < -0.4 is 16.0 Å². The molecule has 1 fully saturated rings. The summed E-state index contributed by atoms with van der Waals surface area (Å²) in [5, 5.41) is 2.77. The number of hydrogen-bond donors (Lipinski definition) is 2. The van der Waals surface area contributed by atoms with Gasteiger partial charge in [0.1, 0.15) is 17.2 Å². The Labute approximate surface area is 161 Å². The van der Waals surface area contributed by atoms with Gasteiger partial charge in [-0.3, -0.25) is 0 Å². The zero-order chi connectivity index (χ0) is 20.5. The van der Waals surface area contributed by atoms with Crippen molar-refractivity contribution in [2.75, 3.05) is 23.7 Å². The summed E-state index contributed by atoms with van der Waals surface area (Å²) in [4.78, 5) is 22.4. The van der Waals surface area contributed by atoms with Crippen molar-refractivity contribution in [2.45, 2.75) is 38.3 Å². The molecule has 2 atom stereocenters. The van der Waals surface area contributed by atoms with Crippen LogP contribution in [0.25, 0.3) is 0 Å². The monoisotopic (exact) mass is 391 g/mol. The molecule has 3 N–H and O–H groups in total. The molecule has 0 saturated carbocycles. The molecule has 2 heterocycles. The highest BCUT2D eigenvalue weighted by Crippen LogP contribution is 2.32. The van der Waals surface area contributed by atoms with Crippen molar-refractivity contribution < 1.29 is 18.3 Å². The van der Waals surface area contributed by atoms with E-state index in [2.05, 4.69) is 15.3 Å². The number of nitrogens with two attached hydrogens (primary N) is 1. The van der Waals surface area contributed by atoms with E-state index >= 15 is 0 Å². The van der Waals surface area contributed by atoms with E-state index in [4.69, 9.17) is 10.5 Å². The Morgan fingerprint density at radius 1 is 1.25 bits per heavy atom. The molecule has 0 radical (unpaired) electrons. The topological polar surface area (TPSA) is 93.4 Å². The lowest BCUT2D eigenvalue weighted by atomic mass is 9.94. The summed E-state index contributed by atoms with van der Waals surface area (Å²) in [7, 11) is 0. The van der Waals surface area contributed by atoms with E-state index in [0.717, 1.165) is 18.2 Å². The van der Waals surface area contributed by atoms with Gasteiger partial charge in [-0.25, -0.2) is 23.5 Å². The fraction of sp³-hybridized carbons (Fsp3) is 0.421. The lowest BCUT2D eigenvalue weighted by molar-refractivity contribution is 0.0504. The number of nitrogen functional groups attached to an aromatic ring is 1. The average Bonchev–Trinajstić information content (AvgIpc) is 2.99. The number of aromatic nitrogens is 2. The average molecular weight is 391 g/mol. The zero-order valence-corrected chi connectivity index (χ0v) is 15.9. The summed E-state index contributed by atoms with van der Waals surface area (Å²) in [6.45, 7) is 5.85. The van der Waals surface area contributed by atoms with Crippen LogP contribution in [0.2, 0.25) is 0 Å². The first-order valence-corrected chi connectivity index (χ1v) is 8.89. The molecular formula is C19H23F2N5O2. The van der Waals surface area contributed by atoms with Crippen LogP contribution in [0.1, 0.15) is 32.3 Å². The molecule has 1 saturated heterocycles. The van der Waals surface area contributed by atoms with Crippen molar-refractivity contribution >= 4 is 17.7 Å². The Bertz CT molecular complexity index is 854. The number of carbonyl (C=O) groups excluding carboxylic acids is 1. The molecular weight excluding hydrogens is 368 g/mol. The van der Waals surface area contributed by atoms with Gasteiger partial charge in [-0.2, -0.15) is 0 Å². The van der Waals surface area contributed by atoms with Gasteiger partial charge in [0, 0.05) is 19.0 Å². The Morgan fingerprint density at radius 3 is 2.57 bits per heavy atom. The van der Waals surface area contributed by atoms with Gasteiger partial charge in [0.2, 0.25) is 5.95 Å². The molecule has 1 aliphatic heterocycles. The van der Waals surface area contributed by atoms with Crippen LogP contribution >= 0.6 is 0 Å². The second-order valence-electron chi connectivity index (χ2n) is 7.75. The van der Waals surface area contributed by atoms with E-state index in [0.29, 0.717) is 24.7 Å². The van der Waals surface area contributed by atoms with Crippen molar-refractivity contribution in [1.29, 1.82) is 0 Å². The van der Waals surface area contributed by atoms with Gasteiger partial charge in [0.05, 0.1) is 24.1 Å². The lowest BCUT2D eigenvalue weighted by Gasteiger charge is -2.24. The highest BCUT2D eigenvalue weighted by molar-refractivity contribution is 5.68. The number of hydrogen-bond acceptors (Lipinski definition) is 6. The summed E-state index contributed by atoms with van der Waals surface area (Å²) >= 11 is 0. The maximum atomic E-state index is 14.4. The van der Waals surface area contributed by atoms with Crippen LogP contribution in [0.5, 0.6) is 0 Å². The van der Waals surface area contributed by atoms with E-state index in [1.807, 2.05) is 0 Å². The normalized spacial score (nSPS) is 19.5. The number of halogens is 2. The Balaban J connectivity index is 1.87. The van der Waals surface area contributed by atoms with Crippen LogP contribution in [0, 0.1) is 11.6 Å². The van der Waals surface area contributed by atoms with E-state index in [1.165, 1.54) is 12.4 Å². The molecule has 0 bridgehead atoms. The number of anilines is 2. The van der Waals surface area contributed by atoms with Gasteiger partial charge in [0.25, 0.3) is 0 Å². The zero-order valence-electron chi connectivity index (χ0n) is 15.9. The fourth-order valence-electron chi connectivity index (χ4n) is 3.18. The maximum Gasteiger partial charge on any atom is 0.407 e. The van der Waals surface area contributed by atoms with Crippen molar-refractivity contribution in [1.82, 2.24) is 15.3 Å². The van der Waals surface area contributed by atoms with Crippen LogP contribution in [0.3, 0.4) is 0 Å². The van der Waals surface area contributed by atoms with E-state index < -0.39 is 35.3 Å². The minimum Gasteiger partial charge on any atom is -0.444 e. The Hall–Kier alpha value is -2.97. The number of nitrogens with one attached hydrogen (secondary N) is 1. The second kappa shape index (κ2) is 7.57. The standard InChI is InChI=1S/C19H23F2N5O2/c1-19(2,3)28-18(27)25-16-10-26(17-23-7-12(22)8-24-17)9-14(16)13-6-11(20)4-5-15(13)21/h4-8,14,16H,9-10,22H2,1-3H3,(H,25,27)/t14-,16+/m1/s1. The predicted octanol–water partition coefficient (Wildman–Crippen LogP) is 2.83. The van der Waals surface area contributed by atoms with Crippen LogP contribution in [-0.2, 0) is 4.74 Å². The number of ether oxygens (including phenoxy) is 1. The minimum absolute atomic E-state index is 0.180.